The fourth-order valence-electron chi connectivity index (χ4n) is 13.8. The zero-order chi connectivity index (χ0) is 95.7. The second-order valence-corrected chi connectivity index (χ2v) is 30.2. The molecule has 0 spiro atoms. The summed E-state index contributed by atoms with van der Waals surface area (Å²) >= 11 is 31.5. The number of alkyl halides is 3. The van der Waals surface area contributed by atoms with E-state index in [9.17, 15) is 67.9 Å². The molecule has 10 aromatic rings. The second-order valence-electron chi connectivity index (χ2n) is 28.1. The fourth-order valence-corrected chi connectivity index (χ4v) is 15.2. The number of aliphatic imine (C=N–C) groups is 5. The molecular weight excluding hydrogens is 1840 g/mol. The van der Waals surface area contributed by atoms with Crippen LogP contribution in [0.2, 0.25) is 25.1 Å². The van der Waals surface area contributed by atoms with Crippen LogP contribution >= 0.6 is 58.0 Å². The number of esters is 5. The molecule has 40 heteroatoms. The van der Waals surface area contributed by atoms with E-state index >= 15 is 0 Å². The molecule has 5 aromatic heterocycles. The number of amidine groups is 5. The summed E-state index contributed by atoms with van der Waals surface area (Å²) in [5, 5.41) is 15.8. The molecule has 0 radical (unpaired) electrons. The minimum atomic E-state index is -4.66. The zero-order valence-electron chi connectivity index (χ0n) is 70.8. The lowest BCUT2D eigenvalue weighted by Gasteiger charge is -2.27. The largest absolute Gasteiger partial charge is 0.466 e. The molecule has 0 saturated carbocycles. The maximum Gasteiger partial charge on any atom is 0.416 e. The highest BCUT2D eigenvalue weighted by atomic mass is 35.5. The van der Waals surface area contributed by atoms with E-state index in [1.54, 1.807) is 71.0 Å². The maximum absolute atomic E-state index is 14.2. The molecule has 5 aliphatic rings. The molecule has 0 fully saturated rings. The molecular formula is C92H74Cl5F10N15O10. The third-order valence-electron chi connectivity index (χ3n) is 19.8. The highest BCUT2D eigenvalue weighted by molar-refractivity contribution is 6.37. The second kappa shape index (κ2) is 44.1. The number of ether oxygens (including phenoxy) is 5. The third kappa shape index (κ3) is 22.7. The van der Waals surface area contributed by atoms with Crippen LogP contribution in [0.4, 0.5) is 43.9 Å². The summed E-state index contributed by atoms with van der Waals surface area (Å²) in [5.41, 5.74) is 3.46. The van der Waals surface area contributed by atoms with Crippen LogP contribution in [0, 0.1) is 40.7 Å². The normalized spacial score (nSPS) is 16.9. The van der Waals surface area contributed by atoms with Crippen LogP contribution in [0.15, 0.2) is 276 Å². The van der Waals surface area contributed by atoms with Crippen molar-refractivity contribution >= 4 is 117 Å². The van der Waals surface area contributed by atoms with Crippen molar-refractivity contribution in [2.75, 3.05) is 35.0 Å². The molecule has 0 saturated heterocycles. The van der Waals surface area contributed by atoms with Crippen LogP contribution in [-0.2, 0) is 53.8 Å². The summed E-state index contributed by atoms with van der Waals surface area (Å²) in [4.78, 5) is 104. The Hall–Kier alpha value is -14.0. The monoisotopic (exact) mass is 1910 g/mol. The number of nitrogens with zero attached hydrogens (tertiary/aromatic N) is 10. The minimum absolute atomic E-state index is 0.000926. The molecule has 5 atom stereocenters. The van der Waals surface area contributed by atoms with Crippen LogP contribution in [0.1, 0.15) is 134 Å². The molecule has 25 nitrogen and oxygen atoms in total. The van der Waals surface area contributed by atoms with Crippen molar-refractivity contribution < 1.29 is 91.6 Å². The van der Waals surface area contributed by atoms with Crippen molar-refractivity contribution in [2.45, 2.75) is 77.9 Å². The quantitative estimate of drug-likeness (QED) is 0.0341. The van der Waals surface area contributed by atoms with Crippen molar-refractivity contribution in [2.24, 2.45) is 25.0 Å². The van der Waals surface area contributed by atoms with Gasteiger partial charge < -0.3 is 50.3 Å². The van der Waals surface area contributed by atoms with E-state index < -0.39 is 113 Å². The number of allylic oxidation sites excluding steroid dienone is 5. The molecule has 5 unspecified atom stereocenters. The first-order chi connectivity index (χ1) is 63.0. The maximum atomic E-state index is 14.2. The van der Waals surface area contributed by atoms with E-state index in [1.807, 2.05) is 0 Å². The Bertz CT molecular complexity index is 6450. The minimum Gasteiger partial charge on any atom is -0.466 e. The van der Waals surface area contributed by atoms with Crippen LogP contribution in [-0.4, -0.2) is 119 Å². The SMILES string of the molecule is CCOC(=O)C1=C(C)NC(c2ncccc2F)=NC1c1c(Cl)cccc1Cl.COC(=O)C1=C(C)NC(c2ncccc2F)=NC1c1c(Cl)cccc1Cl.COC(=O)C1=C(C)NC(c2ncccc2F)=NC1c1ccc(F)cc1.COC(=O)C1=C(C)NC(c2ncccc2F)=NC1c1ccc(F)cc1Cl.COC(=O)C1=C(C)NC(c2ncccc2F)=NC1c1ccccc1C(F)(F)F. The first kappa shape index (κ1) is 98.6. The number of carbonyl (C=O) groups is 5. The summed E-state index contributed by atoms with van der Waals surface area (Å²) in [5.74, 6) is -6.38. The fraction of sp³-hybridized carbons (Fsp3) is 0.185. The van der Waals surface area contributed by atoms with Crippen LogP contribution in [0.3, 0.4) is 0 Å². The number of carbonyl (C=O) groups excluding carboxylic acids is 5. The Balaban J connectivity index is 0.000000159. The van der Waals surface area contributed by atoms with Crippen molar-refractivity contribution in [3.05, 3.63) is 379 Å². The Morgan fingerprint density at radius 1 is 0.333 bits per heavy atom. The van der Waals surface area contributed by atoms with Gasteiger partial charge in [-0.25, -0.2) is 79.6 Å². The lowest BCUT2D eigenvalue weighted by Crippen LogP contribution is -2.34. The highest BCUT2D eigenvalue weighted by Gasteiger charge is 2.42. The molecule has 682 valence electrons. The van der Waals surface area contributed by atoms with Crippen LogP contribution < -0.4 is 26.6 Å². The van der Waals surface area contributed by atoms with Gasteiger partial charge in [-0.2, -0.15) is 13.2 Å². The van der Waals surface area contributed by atoms with Gasteiger partial charge in [0.25, 0.3) is 0 Å². The van der Waals surface area contributed by atoms with Gasteiger partial charge in [0.05, 0.1) is 68.5 Å². The molecule has 5 aliphatic heterocycles. The number of pyridine rings is 5. The third-order valence-corrected chi connectivity index (χ3v) is 21.4. The summed E-state index contributed by atoms with van der Waals surface area (Å²) in [7, 11) is 4.89. The van der Waals surface area contributed by atoms with E-state index in [0.717, 1.165) is 25.3 Å². The standard InChI is InChI=1S/C19H16Cl2FN3O2.C19H15F4N3O2.C18H14Cl2FN3O2.C18H14ClF2N3O2.C18H15F2N3O2/c1-3-27-19(26)14-10(2)24-18(16-13(22)8-5-9-23-16)25-17(14)15-11(20)6-4-7-12(15)21;1-10-14(18(27)28-2)15(11-6-3-4-7-12(11)19(21,22)23)26-17(25-10)16-13(20)8-5-9-24-16;1-9-13(18(25)26-2)16(14-10(19)5-3-6-11(14)20)24-17(23-9)15-12(21)7-4-8-22-15;1-9-14(18(25)26-2)15(11-6-5-10(20)8-12(11)19)24-17(23-9)16-13(21)4-3-7-22-16;1-10-14(18(24)25-2)15(11-5-7-12(19)8-6-11)23-17(22-10)16-13(20)4-3-9-21-16/h4-9,17H,3H2,1-2H3,(H,24,25);3-9,15H,1-2H3,(H,25,26);3-8,16H,1-2H3,(H,23,24);3-8,15H,1-2H3,(H,23,24);3-9,15H,1-2H3,(H,22,23). The average Bonchev–Trinajstić information content (AvgIpc) is 0.772. The molecule has 0 aliphatic carbocycles. The number of methoxy groups -OCH3 is 4. The van der Waals surface area contributed by atoms with E-state index in [1.165, 1.54) is 168 Å². The molecule has 0 amide bonds. The van der Waals surface area contributed by atoms with Gasteiger partial charge in [-0.1, -0.05) is 107 Å². The lowest BCUT2D eigenvalue weighted by molar-refractivity contribution is -0.139. The first-order valence-corrected chi connectivity index (χ1v) is 41.0. The number of benzene rings is 5. The van der Waals surface area contributed by atoms with Gasteiger partial charge in [0.1, 0.15) is 70.3 Å². The van der Waals surface area contributed by atoms with Gasteiger partial charge in [0, 0.05) is 101 Å². The number of hydrogen-bond acceptors (Lipinski definition) is 25. The van der Waals surface area contributed by atoms with Crippen molar-refractivity contribution in [1.82, 2.24) is 51.5 Å². The van der Waals surface area contributed by atoms with Gasteiger partial charge in [0.2, 0.25) is 0 Å². The van der Waals surface area contributed by atoms with E-state index in [2.05, 4.69) is 76.5 Å². The molecule has 10 heterocycles. The zero-order valence-corrected chi connectivity index (χ0v) is 74.6. The topological polar surface area (TPSA) is 318 Å². The van der Waals surface area contributed by atoms with Crippen LogP contribution in [0.25, 0.3) is 0 Å². The Labute approximate surface area is 772 Å². The average molecular weight is 1920 g/mol. The van der Waals surface area contributed by atoms with Crippen molar-refractivity contribution in [3.63, 3.8) is 0 Å². The predicted molar refractivity (Wildman–Crippen MR) is 473 cm³/mol. The van der Waals surface area contributed by atoms with Crippen molar-refractivity contribution in [1.29, 1.82) is 0 Å². The number of hydrogen-bond donors (Lipinski definition) is 5. The molecule has 0 bridgehead atoms. The van der Waals surface area contributed by atoms with E-state index in [4.69, 9.17) is 81.7 Å². The lowest BCUT2D eigenvalue weighted by atomic mass is 9.92. The van der Waals surface area contributed by atoms with Gasteiger partial charge in [-0.3, -0.25) is 25.0 Å². The number of nitrogens with one attached hydrogen (secondary N) is 5. The summed E-state index contributed by atoms with van der Waals surface area (Å²) in [6, 6.07) is 32.9. The summed E-state index contributed by atoms with van der Waals surface area (Å²) in [6.07, 6.45) is 2.45. The smallest absolute Gasteiger partial charge is 0.416 e. The van der Waals surface area contributed by atoms with Gasteiger partial charge in [-0.05, 0) is 168 Å². The number of aromatic nitrogens is 5. The predicted octanol–water partition coefficient (Wildman–Crippen LogP) is 18.7. The molecule has 5 aromatic carbocycles. The number of halogens is 15. The first-order valence-electron chi connectivity index (χ1n) is 39.1. The van der Waals surface area contributed by atoms with E-state index in [-0.39, 0.29) is 108 Å². The summed E-state index contributed by atoms with van der Waals surface area (Å²) < 4.78 is 162. The summed E-state index contributed by atoms with van der Waals surface area (Å²) in [6.45, 7) is 10.0. The molecule has 5 N–H and O–H groups in total. The highest BCUT2D eigenvalue weighted by Crippen LogP contribution is 2.45. The molecule has 132 heavy (non-hydrogen) atoms. The van der Waals surface area contributed by atoms with Crippen LogP contribution in [0.5, 0.6) is 0 Å². The Morgan fingerprint density at radius 2 is 0.621 bits per heavy atom. The van der Waals surface area contributed by atoms with E-state index in [0.29, 0.717) is 65.1 Å². The van der Waals surface area contributed by atoms with Crippen molar-refractivity contribution in [3.8, 4) is 0 Å². The van der Waals surface area contributed by atoms with Gasteiger partial charge >= 0.3 is 36.0 Å². The Kier molecular flexibility index (Phi) is 32.9. The number of rotatable bonds is 16. The Morgan fingerprint density at radius 3 is 0.932 bits per heavy atom. The molecule has 15 rings (SSSR count). The van der Waals surface area contributed by atoms with Gasteiger partial charge in [0.15, 0.2) is 58.3 Å². The van der Waals surface area contributed by atoms with Gasteiger partial charge in [-0.15, -0.1) is 0 Å².